The number of likely N-dealkylation sites (tertiary alicyclic amines) is 1. The minimum absolute atomic E-state index is 0.186. The summed E-state index contributed by atoms with van der Waals surface area (Å²) in [6.45, 7) is 3.17. The maximum Gasteiger partial charge on any atom is 0.238 e. The lowest BCUT2D eigenvalue weighted by Crippen LogP contribution is -2.56. The Morgan fingerprint density at radius 3 is 2.89 bits per heavy atom. The number of primary amides is 1. The quantitative estimate of drug-likeness (QED) is 0.730. The van der Waals surface area contributed by atoms with E-state index in [9.17, 15) is 4.79 Å². The molecule has 1 saturated heterocycles. The molecular formula is C14H27N3O2. The van der Waals surface area contributed by atoms with E-state index in [1.165, 1.54) is 0 Å². The highest BCUT2D eigenvalue weighted by Crippen LogP contribution is 2.37. The molecule has 1 heterocycles. The van der Waals surface area contributed by atoms with E-state index in [1.807, 2.05) is 7.05 Å². The molecule has 0 aromatic heterocycles. The molecule has 1 aliphatic heterocycles. The number of likely N-dealkylation sites (N-methyl/N-ethyl adjacent to an activating group) is 1. The van der Waals surface area contributed by atoms with Gasteiger partial charge in [-0.1, -0.05) is 6.42 Å². The summed E-state index contributed by atoms with van der Waals surface area (Å²) < 4.78 is 5.39. The lowest BCUT2D eigenvalue weighted by molar-refractivity contribution is -0.125. The Balaban J connectivity index is 1.87. The van der Waals surface area contributed by atoms with Crippen LogP contribution in [0.1, 0.15) is 32.1 Å². The van der Waals surface area contributed by atoms with Crippen LogP contribution >= 0.6 is 0 Å². The maximum absolute atomic E-state index is 11.8. The molecule has 1 aliphatic carbocycles. The number of methoxy groups -OCH3 is 1. The van der Waals surface area contributed by atoms with Crippen molar-refractivity contribution in [2.75, 3.05) is 33.8 Å². The van der Waals surface area contributed by atoms with Crippen molar-refractivity contribution in [2.24, 2.45) is 11.7 Å². The molecule has 2 rings (SSSR count). The third-order valence-electron chi connectivity index (χ3n) is 5.06. The number of amides is 1. The molecule has 1 amide bonds. The first kappa shape index (κ1) is 14.8. The summed E-state index contributed by atoms with van der Waals surface area (Å²) in [5.74, 6) is 0.185. The highest BCUT2D eigenvalue weighted by molar-refractivity contribution is 5.85. The Hall–Kier alpha value is -0.650. The van der Waals surface area contributed by atoms with Crippen molar-refractivity contribution in [2.45, 2.75) is 43.7 Å². The highest BCUT2D eigenvalue weighted by atomic mass is 16.5. The molecule has 110 valence electrons. The average Bonchev–Trinajstić information content (AvgIpc) is 3.03. The maximum atomic E-state index is 11.8. The summed E-state index contributed by atoms with van der Waals surface area (Å²) >= 11 is 0. The number of nitrogens with one attached hydrogen (secondary N) is 1. The van der Waals surface area contributed by atoms with Crippen LogP contribution in [0.4, 0.5) is 0 Å². The van der Waals surface area contributed by atoms with Gasteiger partial charge >= 0.3 is 0 Å². The molecule has 3 atom stereocenters. The van der Waals surface area contributed by atoms with Gasteiger partial charge in [-0.3, -0.25) is 4.79 Å². The zero-order valence-corrected chi connectivity index (χ0v) is 12.2. The summed E-state index contributed by atoms with van der Waals surface area (Å²) in [7, 11) is 3.64. The van der Waals surface area contributed by atoms with Gasteiger partial charge in [0.25, 0.3) is 0 Å². The van der Waals surface area contributed by atoms with Gasteiger partial charge in [-0.05, 0) is 45.2 Å². The molecule has 2 fully saturated rings. The topological polar surface area (TPSA) is 67.6 Å². The van der Waals surface area contributed by atoms with Crippen molar-refractivity contribution in [1.82, 2.24) is 10.2 Å². The monoisotopic (exact) mass is 269 g/mol. The second kappa shape index (κ2) is 6.20. The van der Waals surface area contributed by atoms with Gasteiger partial charge in [0, 0.05) is 20.2 Å². The fourth-order valence-electron chi connectivity index (χ4n) is 3.78. The largest absolute Gasteiger partial charge is 0.380 e. The van der Waals surface area contributed by atoms with Gasteiger partial charge in [0.15, 0.2) is 0 Å². The van der Waals surface area contributed by atoms with Crippen molar-refractivity contribution in [1.29, 1.82) is 0 Å². The number of hydrogen-bond acceptors (Lipinski definition) is 4. The summed E-state index contributed by atoms with van der Waals surface area (Å²) in [6.07, 6.45) is 5.62. The van der Waals surface area contributed by atoms with Gasteiger partial charge in [-0.25, -0.2) is 0 Å². The number of rotatable bonds is 6. The van der Waals surface area contributed by atoms with Crippen molar-refractivity contribution in [3.8, 4) is 0 Å². The summed E-state index contributed by atoms with van der Waals surface area (Å²) in [6, 6.07) is 0. The van der Waals surface area contributed by atoms with Gasteiger partial charge < -0.3 is 20.7 Å². The number of ether oxygens (including phenoxy) is 1. The molecule has 0 bridgehead atoms. The summed E-state index contributed by atoms with van der Waals surface area (Å²) in [5, 5.41) is 3.20. The Labute approximate surface area is 115 Å². The van der Waals surface area contributed by atoms with Crippen LogP contribution in [0.25, 0.3) is 0 Å². The number of hydrogen-bond donors (Lipinski definition) is 2. The number of carbonyl (C=O) groups is 1. The van der Waals surface area contributed by atoms with E-state index in [0.29, 0.717) is 12.0 Å². The van der Waals surface area contributed by atoms with Crippen molar-refractivity contribution >= 4 is 5.91 Å². The van der Waals surface area contributed by atoms with Crippen LogP contribution in [0.5, 0.6) is 0 Å². The third kappa shape index (κ3) is 2.93. The van der Waals surface area contributed by atoms with E-state index in [4.69, 9.17) is 10.5 Å². The molecular weight excluding hydrogens is 242 g/mol. The van der Waals surface area contributed by atoms with Gasteiger partial charge in [0.2, 0.25) is 5.91 Å². The Kier molecular flexibility index (Phi) is 4.81. The van der Waals surface area contributed by atoms with Gasteiger partial charge in [-0.2, -0.15) is 0 Å². The van der Waals surface area contributed by atoms with E-state index < -0.39 is 5.54 Å². The van der Waals surface area contributed by atoms with E-state index >= 15 is 0 Å². The second-order valence-corrected chi connectivity index (χ2v) is 5.91. The molecule has 5 nitrogen and oxygen atoms in total. The highest BCUT2D eigenvalue weighted by Gasteiger charge is 2.46. The first-order chi connectivity index (χ1) is 9.12. The van der Waals surface area contributed by atoms with E-state index in [2.05, 4.69) is 10.2 Å². The van der Waals surface area contributed by atoms with Crippen LogP contribution in [0.2, 0.25) is 0 Å². The van der Waals surface area contributed by atoms with E-state index in [-0.39, 0.29) is 5.91 Å². The average molecular weight is 269 g/mol. The number of nitrogens with zero attached hydrogens (tertiary/aromatic N) is 1. The van der Waals surface area contributed by atoms with Gasteiger partial charge in [-0.15, -0.1) is 0 Å². The number of nitrogens with two attached hydrogens (primary N) is 1. The smallest absolute Gasteiger partial charge is 0.238 e. The Morgan fingerprint density at radius 1 is 1.53 bits per heavy atom. The molecule has 0 radical (unpaired) electrons. The summed E-state index contributed by atoms with van der Waals surface area (Å²) in [4.78, 5) is 14.2. The standard InChI is InChI=1S/C14H27N3O2/c1-16-14(13(15)18)7-3-4-11(14)5-8-17-9-6-12(10-17)19-2/h11-12,16H,3-10H2,1-2H3,(H2,15,18). The minimum Gasteiger partial charge on any atom is -0.380 e. The molecule has 0 aromatic rings. The molecule has 1 saturated carbocycles. The van der Waals surface area contributed by atoms with Crippen LogP contribution in [0, 0.1) is 5.92 Å². The lowest BCUT2D eigenvalue weighted by Gasteiger charge is -2.33. The third-order valence-corrected chi connectivity index (χ3v) is 5.06. The van der Waals surface area contributed by atoms with Crippen molar-refractivity contribution in [3.63, 3.8) is 0 Å². The zero-order valence-electron chi connectivity index (χ0n) is 12.2. The van der Waals surface area contributed by atoms with Gasteiger partial charge in [0.05, 0.1) is 6.10 Å². The van der Waals surface area contributed by atoms with E-state index in [0.717, 1.165) is 51.7 Å². The fraction of sp³-hybridized carbons (Fsp3) is 0.929. The Bertz CT molecular complexity index is 324. The fourth-order valence-corrected chi connectivity index (χ4v) is 3.78. The predicted octanol–water partition coefficient (Wildman–Crippen LogP) is 0.341. The first-order valence-corrected chi connectivity index (χ1v) is 7.36. The SMILES string of the molecule is CNC1(C(N)=O)CCCC1CCN1CCC(OC)C1. The molecule has 2 aliphatic rings. The van der Waals surface area contributed by atoms with Crippen LogP contribution in [-0.4, -0.2) is 56.2 Å². The molecule has 0 aromatic carbocycles. The zero-order chi connectivity index (χ0) is 13.9. The van der Waals surface area contributed by atoms with Gasteiger partial charge in [0.1, 0.15) is 5.54 Å². The van der Waals surface area contributed by atoms with Crippen LogP contribution < -0.4 is 11.1 Å². The first-order valence-electron chi connectivity index (χ1n) is 7.36. The van der Waals surface area contributed by atoms with Crippen molar-refractivity contribution < 1.29 is 9.53 Å². The lowest BCUT2D eigenvalue weighted by atomic mass is 9.84. The normalized spacial score (nSPS) is 35.9. The number of carbonyl (C=O) groups excluding carboxylic acids is 1. The molecule has 0 spiro atoms. The molecule has 5 heteroatoms. The predicted molar refractivity (Wildman–Crippen MR) is 74.8 cm³/mol. The van der Waals surface area contributed by atoms with Crippen LogP contribution in [-0.2, 0) is 9.53 Å². The Morgan fingerprint density at radius 2 is 2.32 bits per heavy atom. The van der Waals surface area contributed by atoms with Crippen LogP contribution in [0.3, 0.4) is 0 Å². The molecule has 3 N–H and O–H groups in total. The van der Waals surface area contributed by atoms with E-state index in [1.54, 1.807) is 7.11 Å². The second-order valence-electron chi connectivity index (χ2n) is 5.91. The van der Waals surface area contributed by atoms with Crippen LogP contribution in [0.15, 0.2) is 0 Å². The summed E-state index contributed by atoms with van der Waals surface area (Å²) in [5.41, 5.74) is 5.15. The minimum atomic E-state index is -0.472. The molecule has 19 heavy (non-hydrogen) atoms. The van der Waals surface area contributed by atoms with Crippen molar-refractivity contribution in [3.05, 3.63) is 0 Å². The molecule has 3 unspecified atom stereocenters.